The van der Waals surface area contributed by atoms with Crippen molar-refractivity contribution < 1.29 is 23.9 Å². The molecule has 0 aromatic heterocycles. The first-order valence-electron chi connectivity index (χ1n) is 9.87. The first-order chi connectivity index (χ1) is 14.3. The van der Waals surface area contributed by atoms with Crippen molar-refractivity contribution >= 4 is 50.8 Å². The molecule has 7 nitrogen and oxygen atoms in total. The van der Waals surface area contributed by atoms with Gasteiger partial charge in [-0.3, -0.25) is 19.3 Å². The number of benzene rings is 1. The third kappa shape index (κ3) is 5.18. The summed E-state index contributed by atoms with van der Waals surface area (Å²) in [5, 5.41) is -0.428. The minimum absolute atomic E-state index is 0.0324. The van der Waals surface area contributed by atoms with Gasteiger partial charge in [-0.05, 0) is 84.6 Å². The van der Waals surface area contributed by atoms with E-state index in [0.717, 1.165) is 35.9 Å². The van der Waals surface area contributed by atoms with Crippen molar-refractivity contribution in [2.75, 3.05) is 26.7 Å². The van der Waals surface area contributed by atoms with Crippen LogP contribution in [-0.2, 0) is 9.59 Å². The summed E-state index contributed by atoms with van der Waals surface area (Å²) in [4.78, 5) is 40.6. The quantitative estimate of drug-likeness (QED) is 0.546. The highest BCUT2D eigenvalue weighted by Gasteiger charge is 2.37. The van der Waals surface area contributed by atoms with Crippen molar-refractivity contribution in [1.29, 1.82) is 0 Å². The molecule has 0 atom stereocenters. The Balaban J connectivity index is 1.78. The topological polar surface area (TPSA) is 76.2 Å². The van der Waals surface area contributed by atoms with Gasteiger partial charge in [-0.1, -0.05) is 0 Å². The summed E-state index contributed by atoms with van der Waals surface area (Å²) in [6.07, 6.45) is 4.62. The van der Waals surface area contributed by atoms with Crippen molar-refractivity contribution in [1.82, 2.24) is 9.80 Å². The standard InChI is InChI=1S/C21H25BrN2O5S/c1-13(2)29-19-15(22)9-14(10-16(19)28-3)11-17-20(26)24(21(27)30-17)12-18(25)23-7-5-4-6-8-23/h9-11,13H,4-8,12H2,1-3H3. The highest BCUT2D eigenvalue weighted by atomic mass is 79.9. The number of halogens is 1. The molecule has 0 saturated carbocycles. The third-order valence-electron chi connectivity index (χ3n) is 4.78. The van der Waals surface area contributed by atoms with Gasteiger partial charge in [-0.2, -0.15) is 0 Å². The van der Waals surface area contributed by atoms with E-state index >= 15 is 0 Å². The summed E-state index contributed by atoms with van der Waals surface area (Å²) in [5.41, 5.74) is 0.683. The number of imide groups is 1. The minimum Gasteiger partial charge on any atom is -0.493 e. The van der Waals surface area contributed by atoms with Gasteiger partial charge in [-0.15, -0.1) is 0 Å². The van der Waals surface area contributed by atoms with Crippen LogP contribution in [0, 0.1) is 0 Å². The van der Waals surface area contributed by atoms with E-state index < -0.39 is 11.1 Å². The van der Waals surface area contributed by atoms with Crippen molar-refractivity contribution in [2.45, 2.75) is 39.2 Å². The Morgan fingerprint density at radius 1 is 1.23 bits per heavy atom. The van der Waals surface area contributed by atoms with Crippen LogP contribution in [0.3, 0.4) is 0 Å². The molecule has 3 rings (SSSR count). The van der Waals surface area contributed by atoms with Crippen molar-refractivity contribution in [3.63, 3.8) is 0 Å². The largest absolute Gasteiger partial charge is 0.493 e. The summed E-state index contributed by atoms with van der Waals surface area (Å²) < 4.78 is 11.9. The summed E-state index contributed by atoms with van der Waals surface area (Å²) in [6.45, 7) is 4.99. The Morgan fingerprint density at radius 2 is 1.93 bits per heavy atom. The van der Waals surface area contributed by atoms with Crippen LogP contribution in [0.25, 0.3) is 6.08 Å². The number of likely N-dealkylation sites (tertiary alicyclic amines) is 1. The van der Waals surface area contributed by atoms with Crippen LogP contribution in [0.2, 0.25) is 0 Å². The fourth-order valence-corrected chi connectivity index (χ4v) is 4.73. The van der Waals surface area contributed by atoms with Gasteiger partial charge < -0.3 is 14.4 Å². The van der Waals surface area contributed by atoms with E-state index in [-0.39, 0.29) is 23.5 Å². The second-order valence-corrected chi connectivity index (χ2v) is 9.26. The number of amides is 3. The van der Waals surface area contributed by atoms with Crippen LogP contribution in [-0.4, -0.2) is 59.7 Å². The lowest BCUT2D eigenvalue weighted by atomic mass is 10.1. The van der Waals surface area contributed by atoms with Gasteiger partial charge in [0.05, 0.1) is 22.6 Å². The van der Waals surface area contributed by atoms with Crippen LogP contribution in [0.5, 0.6) is 11.5 Å². The number of carbonyl (C=O) groups is 3. The van der Waals surface area contributed by atoms with Gasteiger partial charge in [0.1, 0.15) is 6.54 Å². The van der Waals surface area contributed by atoms with E-state index in [1.165, 1.54) is 0 Å². The molecule has 0 aliphatic carbocycles. The molecule has 2 saturated heterocycles. The van der Waals surface area contributed by atoms with E-state index in [4.69, 9.17) is 9.47 Å². The van der Waals surface area contributed by atoms with E-state index in [2.05, 4.69) is 15.9 Å². The maximum Gasteiger partial charge on any atom is 0.294 e. The second kappa shape index (κ2) is 9.87. The van der Waals surface area contributed by atoms with Crippen molar-refractivity contribution in [3.8, 4) is 11.5 Å². The number of hydrogen-bond donors (Lipinski definition) is 0. The normalized spacial score (nSPS) is 18.5. The smallest absolute Gasteiger partial charge is 0.294 e. The lowest BCUT2D eigenvalue weighted by Crippen LogP contribution is -2.44. The molecule has 0 radical (unpaired) electrons. The first-order valence-corrected chi connectivity index (χ1v) is 11.5. The van der Waals surface area contributed by atoms with Crippen molar-refractivity contribution in [2.24, 2.45) is 0 Å². The summed E-state index contributed by atoms with van der Waals surface area (Å²) in [6, 6.07) is 3.54. The third-order valence-corrected chi connectivity index (χ3v) is 6.28. The molecule has 2 fully saturated rings. The van der Waals surface area contributed by atoms with Crippen LogP contribution >= 0.6 is 27.7 Å². The molecular formula is C21H25BrN2O5S. The molecule has 2 aliphatic heterocycles. The van der Waals surface area contributed by atoms with E-state index in [0.29, 0.717) is 34.6 Å². The molecule has 0 N–H and O–H groups in total. The average Bonchev–Trinajstić information content (AvgIpc) is 2.97. The van der Waals surface area contributed by atoms with Gasteiger partial charge in [0.25, 0.3) is 11.1 Å². The zero-order chi connectivity index (χ0) is 21.8. The molecule has 1 aromatic carbocycles. The maximum atomic E-state index is 12.8. The Kier molecular flexibility index (Phi) is 7.46. The van der Waals surface area contributed by atoms with Gasteiger partial charge in [-0.25, -0.2) is 0 Å². The fourth-order valence-electron chi connectivity index (χ4n) is 3.34. The molecular weight excluding hydrogens is 472 g/mol. The van der Waals surface area contributed by atoms with E-state index in [1.54, 1.807) is 30.2 Å². The Hall–Kier alpha value is -2.00. The fraction of sp³-hybridized carbons (Fsp3) is 0.476. The number of nitrogens with zero attached hydrogens (tertiary/aromatic N) is 2. The molecule has 0 spiro atoms. The maximum absolute atomic E-state index is 12.8. The van der Waals surface area contributed by atoms with Crippen LogP contribution < -0.4 is 9.47 Å². The highest BCUT2D eigenvalue weighted by molar-refractivity contribution is 9.10. The first kappa shape index (κ1) is 22.7. The highest BCUT2D eigenvalue weighted by Crippen LogP contribution is 2.39. The van der Waals surface area contributed by atoms with E-state index in [9.17, 15) is 14.4 Å². The monoisotopic (exact) mass is 496 g/mol. The average molecular weight is 497 g/mol. The molecule has 2 heterocycles. The van der Waals surface area contributed by atoms with E-state index in [1.807, 2.05) is 13.8 Å². The Morgan fingerprint density at radius 3 is 2.57 bits per heavy atom. The van der Waals surface area contributed by atoms with Gasteiger partial charge in [0.15, 0.2) is 11.5 Å². The molecule has 1 aromatic rings. The Bertz CT molecular complexity index is 880. The zero-order valence-corrected chi connectivity index (χ0v) is 19.7. The SMILES string of the molecule is COc1cc(C=C2SC(=O)N(CC(=O)N3CCCCC3)C2=O)cc(Br)c1OC(C)C. The lowest BCUT2D eigenvalue weighted by Gasteiger charge is -2.27. The van der Waals surface area contributed by atoms with Gasteiger partial charge in [0, 0.05) is 13.1 Å². The zero-order valence-electron chi connectivity index (χ0n) is 17.3. The number of rotatable bonds is 6. The summed E-state index contributed by atoms with van der Waals surface area (Å²) in [5.74, 6) is 0.458. The summed E-state index contributed by atoms with van der Waals surface area (Å²) in [7, 11) is 1.54. The molecule has 2 aliphatic rings. The molecule has 9 heteroatoms. The molecule has 0 bridgehead atoms. The minimum atomic E-state index is -0.451. The van der Waals surface area contributed by atoms with Crippen molar-refractivity contribution in [3.05, 3.63) is 27.1 Å². The number of piperidine rings is 1. The Labute approximate surface area is 188 Å². The van der Waals surface area contributed by atoms with Gasteiger partial charge in [0.2, 0.25) is 5.91 Å². The molecule has 30 heavy (non-hydrogen) atoms. The predicted octanol–water partition coefficient (Wildman–Crippen LogP) is 4.29. The second-order valence-electron chi connectivity index (χ2n) is 7.41. The van der Waals surface area contributed by atoms with Gasteiger partial charge >= 0.3 is 0 Å². The number of methoxy groups -OCH3 is 1. The van der Waals surface area contributed by atoms with Crippen LogP contribution in [0.4, 0.5) is 4.79 Å². The number of ether oxygens (including phenoxy) is 2. The lowest BCUT2D eigenvalue weighted by molar-refractivity contribution is -0.136. The number of carbonyl (C=O) groups excluding carboxylic acids is 3. The number of thioether (sulfide) groups is 1. The number of hydrogen-bond acceptors (Lipinski definition) is 6. The molecule has 0 unspecified atom stereocenters. The van der Waals surface area contributed by atoms with Crippen LogP contribution in [0.1, 0.15) is 38.7 Å². The molecule has 3 amide bonds. The summed E-state index contributed by atoms with van der Waals surface area (Å²) >= 11 is 4.32. The molecule has 162 valence electrons. The predicted molar refractivity (Wildman–Crippen MR) is 120 cm³/mol. The van der Waals surface area contributed by atoms with Crippen LogP contribution in [0.15, 0.2) is 21.5 Å².